The number of rotatable bonds is 9. The molecule has 2 amide bonds. The summed E-state index contributed by atoms with van der Waals surface area (Å²) in [6.45, 7) is 9.24. The highest BCUT2D eigenvalue weighted by Gasteiger charge is 2.20. The van der Waals surface area contributed by atoms with Crippen molar-refractivity contribution in [2.24, 2.45) is 0 Å². The highest BCUT2D eigenvalue weighted by molar-refractivity contribution is 5.92. The Balaban J connectivity index is 1.70. The van der Waals surface area contributed by atoms with Gasteiger partial charge < -0.3 is 15.4 Å². The van der Waals surface area contributed by atoms with Crippen LogP contribution in [0.1, 0.15) is 25.3 Å². The molecule has 7 heteroatoms. The van der Waals surface area contributed by atoms with E-state index >= 15 is 0 Å². The first-order chi connectivity index (χ1) is 13.0. The van der Waals surface area contributed by atoms with Crippen molar-refractivity contribution >= 4 is 17.5 Å². The van der Waals surface area contributed by atoms with Crippen molar-refractivity contribution in [2.75, 3.05) is 64.8 Å². The van der Waals surface area contributed by atoms with Crippen molar-refractivity contribution in [3.63, 3.8) is 0 Å². The van der Waals surface area contributed by atoms with Crippen molar-refractivity contribution < 1.29 is 14.3 Å². The van der Waals surface area contributed by atoms with Gasteiger partial charge in [0.1, 0.15) is 0 Å². The topological polar surface area (TPSA) is 73.9 Å². The molecule has 0 radical (unpaired) electrons. The van der Waals surface area contributed by atoms with E-state index in [0.717, 1.165) is 31.9 Å². The highest BCUT2D eigenvalue weighted by atomic mass is 16.5. The number of nitrogens with one attached hydrogen (secondary N) is 2. The van der Waals surface area contributed by atoms with E-state index in [4.69, 9.17) is 4.74 Å². The van der Waals surface area contributed by atoms with Gasteiger partial charge in [0.2, 0.25) is 11.8 Å². The number of amides is 2. The standard InChI is InChI=1S/C20H32N4O3/c1-16(2)17-5-4-6-18(13-17)22-20(26)15-24-10-8-23(9-11-24)14-19(25)21-7-12-27-3/h4-6,13,16H,7-12,14-15H2,1-3H3,(H,21,25)(H,22,26). The first-order valence-electron chi connectivity index (χ1n) is 9.58. The van der Waals surface area contributed by atoms with E-state index < -0.39 is 0 Å². The fourth-order valence-electron chi connectivity index (χ4n) is 3.04. The molecule has 0 aliphatic carbocycles. The maximum absolute atomic E-state index is 12.3. The predicted octanol–water partition coefficient (Wildman–Crippen LogP) is 1.13. The molecule has 27 heavy (non-hydrogen) atoms. The molecular weight excluding hydrogens is 344 g/mol. The first kappa shape index (κ1) is 21.3. The third kappa shape index (κ3) is 7.66. The summed E-state index contributed by atoms with van der Waals surface area (Å²) < 4.78 is 4.92. The molecule has 0 atom stereocenters. The fraction of sp³-hybridized carbons (Fsp3) is 0.600. The molecular formula is C20H32N4O3. The van der Waals surface area contributed by atoms with E-state index in [-0.39, 0.29) is 11.8 Å². The number of anilines is 1. The third-order valence-electron chi connectivity index (χ3n) is 4.66. The number of hydrogen-bond acceptors (Lipinski definition) is 5. The average molecular weight is 377 g/mol. The van der Waals surface area contributed by atoms with E-state index in [1.54, 1.807) is 7.11 Å². The maximum Gasteiger partial charge on any atom is 0.238 e. The molecule has 0 spiro atoms. The van der Waals surface area contributed by atoms with Crippen LogP contribution in [0.25, 0.3) is 0 Å². The monoisotopic (exact) mass is 376 g/mol. The van der Waals surface area contributed by atoms with Gasteiger partial charge >= 0.3 is 0 Å². The van der Waals surface area contributed by atoms with Crippen LogP contribution in [0, 0.1) is 0 Å². The zero-order valence-corrected chi connectivity index (χ0v) is 16.7. The summed E-state index contributed by atoms with van der Waals surface area (Å²) in [5, 5.41) is 5.82. The molecule has 0 unspecified atom stereocenters. The Morgan fingerprint density at radius 2 is 1.70 bits per heavy atom. The van der Waals surface area contributed by atoms with Crippen LogP contribution in [0.4, 0.5) is 5.69 Å². The highest BCUT2D eigenvalue weighted by Crippen LogP contribution is 2.18. The van der Waals surface area contributed by atoms with Gasteiger partial charge in [0, 0.05) is 45.5 Å². The van der Waals surface area contributed by atoms with Crippen LogP contribution >= 0.6 is 0 Å². The molecule has 1 aromatic carbocycles. The largest absolute Gasteiger partial charge is 0.383 e. The van der Waals surface area contributed by atoms with Crippen molar-refractivity contribution in [3.8, 4) is 0 Å². The SMILES string of the molecule is COCCNC(=O)CN1CCN(CC(=O)Nc2cccc(C(C)C)c2)CC1. The Bertz CT molecular complexity index is 613. The quantitative estimate of drug-likeness (QED) is 0.632. The number of hydrogen-bond donors (Lipinski definition) is 2. The van der Waals surface area contributed by atoms with Crippen LogP contribution < -0.4 is 10.6 Å². The molecule has 7 nitrogen and oxygen atoms in total. The van der Waals surface area contributed by atoms with E-state index in [2.05, 4.69) is 40.3 Å². The average Bonchev–Trinajstić information content (AvgIpc) is 2.63. The summed E-state index contributed by atoms with van der Waals surface area (Å²) in [6.07, 6.45) is 0. The molecule has 150 valence electrons. The Kier molecular flexibility index (Phi) is 8.71. The number of nitrogens with zero attached hydrogens (tertiary/aromatic N) is 2. The third-order valence-corrected chi connectivity index (χ3v) is 4.66. The number of carbonyl (C=O) groups is 2. The summed E-state index contributed by atoms with van der Waals surface area (Å²) in [6, 6.07) is 8.00. The Labute approximate surface area is 162 Å². The molecule has 0 saturated carbocycles. The van der Waals surface area contributed by atoms with Gasteiger partial charge in [0.05, 0.1) is 19.7 Å². The second kappa shape index (κ2) is 11.0. The van der Waals surface area contributed by atoms with Crippen LogP contribution in [-0.2, 0) is 14.3 Å². The summed E-state index contributed by atoms with van der Waals surface area (Å²) >= 11 is 0. The molecule has 1 aliphatic rings. The second-order valence-electron chi connectivity index (χ2n) is 7.22. The van der Waals surface area contributed by atoms with Crippen LogP contribution in [-0.4, -0.2) is 81.1 Å². The molecule has 0 bridgehead atoms. The van der Waals surface area contributed by atoms with Crippen molar-refractivity contribution in [1.29, 1.82) is 0 Å². The Morgan fingerprint density at radius 1 is 1.07 bits per heavy atom. The van der Waals surface area contributed by atoms with Crippen LogP contribution in [0.5, 0.6) is 0 Å². The Hall–Kier alpha value is -1.96. The second-order valence-corrected chi connectivity index (χ2v) is 7.22. The number of benzene rings is 1. The molecule has 0 aromatic heterocycles. The normalized spacial score (nSPS) is 15.7. The Morgan fingerprint density at radius 3 is 2.30 bits per heavy atom. The van der Waals surface area contributed by atoms with E-state index in [1.807, 2.05) is 18.2 Å². The van der Waals surface area contributed by atoms with Crippen LogP contribution in [0.2, 0.25) is 0 Å². The smallest absolute Gasteiger partial charge is 0.238 e. The minimum Gasteiger partial charge on any atom is -0.383 e. The number of piperazine rings is 1. The van der Waals surface area contributed by atoms with Crippen molar-refractivity contribution in [2.45, 2.75) is 19.8 Å². The number of ether oxygens (including phenoxy) is 1. The molecule has 1 aliphatic heterocycles. The van der Waals surface area contributed by atoms with Gasteiger partial charge in [-0.1, -0.05) is 26.0 Å². The lowest BCUT2D eigenvalue weighted by Crippen LogP contribution is -2.51. The molecule has 1 aromatic rings. The minimum absolute atomic E-state index is 0.00154. The predicted molar refractivity (Wildman–Crippen MR) is 107 cm³/mol. The van der Waals surface area contributed by atoms with Gasteiger partial charge in [-0.3, -0.25) is 19.4 Å². The summed E-state index contributed by atoms with van der Waals surface area (Å²) in [4.78, 5) is 28.4. The molecule has 1 heterocycles. The van der Waals surface area contributed by atoms with Crippen LogP contribution in [0.15, 0.2) is 24.3 Å². The lowest BCUT2D eigenvalue weighted by Gasteiger charge is -2.33. The number of methoxy groups -OCH3 is 1. The zero-order chi connectivity index (χ0) is 19.6. The van der Waals surface area contributed by atoms with Crippen molar-refractivity contribution in [1.82, 2.24) is 15.1 Å². The van der Waals surface area contributed by atoms with Gasteiger partial charge in [0.15, 0.2) is 0 Å². The number of carbonyl (C=O) groups excluding carboxylic acids is 2. The van der Waals surface area contributed by atoms with Gasteiger partial charge in [0.25, 0.3) is 0 Å². The molecule has 2 N–H and O–H groups in total. The van der Waals surface area contributed by atoms with Crippen LogP contribution in [0.3, 0.4) is 0 Å². The first-order valence-corrected chi connectivity index (χ1v) is 9.58. The zero-order valence-electron chi connectivity index (χ0n) is 16.7. The van der Waals surface area contributed by atoms with Gasteiger partial charge in [-0.05, 0) is 23.6 Å². The van der Waals surface area contributed by atoms with Crippen molar-refractivity contribution in [3.05, 3.63) is 29.8 Å². The summed E-state index contributed by atoms with van der Waals surface area (Å²) in [5.41, 5.74) is 2.06. The lowest BCUT2D eigenvalue weighted by molar-refractivity contribution is -0.123. The minimum atomic E-state index is 0.00154. The fourth-order valence-corrected chi connectivity index (χ4v) is 3.04. The lowest BCUT2D eigenvalue weighted by atomic mass is 10.0. The van der Waals surface area contributed by atoms with E-state index in [9.17, 15) is 9.59 Å². The molecule has 2 rings (SSSR count). The van der Waals surface area contributed by atoms with E-state index in [1.165, 1.54) is 5.56 Å². The summed E-state index contributed by atoms with van der Waals surface area (Å²) in [5.74, 6) is 0.451. The van der Waals surface area contributed by atoms with E-state index in [0.29, 0.717) is 32.2 Å². The van der Waals surface area contributed by atoms with Gasteiger partial charge in [-0.25, -0.2) is 0 Å². The molecule has 1 saturated heterocycles. The molecule has 1 fully saturated rings. The van der Waals surface area contributed by atoms with Gasteiger partial charge in [-0.2, -0.15) is 0 Å². The maximum atomic E-state index is 12.3. The van der Waals surface area contributed by atoms with Gasteiger partial charge in [-0.15, -0.1) is 0 Å². The summed E-state index contributed by atoms with van der Waals surface area (Å²) in [7, 11) is 1.61.